The summed E-state index contributed by atoms with van der Waals surface area (Å²) in [6.45, 7) is 3.03. The normalized spacial score (nSPS) is 15.5. The SMILES string of the molecule is COc1ccc(C2SCCN2C(=O)Nc2ccc(C)c(Cl)c2)cc1OCc1ccccc1. The highest BCUT2D eigenvalue weighted by molar-refractivity contribution is 7.99. The number of hydrogen-bond acceptors (Lipinski definition) is 4. The van der Waals surface area contributed by atoms with Crippen LogP contribution in [0.5, 0.6) is 11.5 Å². The quantitative estimate of drug-likeness (QED) is 0.447. The molecule has 1 atom stereocenters. The van der Waals surface area contributed by atoms with Crippen molar-refractivity contribution < 1.29 is 14.3 Å². The maximum atomic E-state index is 13.0. The lowest BCUT2D eigenvalue weighted by molar-refractivity contribution is 0.214. The minimum Gasteiger partial charge on any atom is -0.493 e. The molecule has 0 bridgehead atoms. The Bertz CT molecular complexity index is 1090. The fourth-order valence-corrected chi connectivity index (χ4v) is 4.94. The van der Waals surface area contributed by atoms with Gasteiger partial charge >= 0.3 is 6.03 Å². The van der Waals surface area contributed by atoms with E-state index in [2.05, 4.69) is 5.32 Å². The summed E-state index contributed by atoms with van der Waals surface area (Å²) in [5.41, 5.74) is 3.73. The summed E-state index contributed by atoms with van der Waals surface area (Å²) in [6, 6.07) is 21.2. The maximum absolute atomic E-state index is 13.0. The molecular formula is C25H25ClN2O3S. The molecule has 1 heterocycles. The van der Waals surface area contributed by atoms with E-state index in [0.717, 1.165) is 22.4 Å². The number of halogens is 1. The van der Waals surface area contributed by atoms with Crippen LogP contribution in [0.3, 0.4) is 0 Å². The van der Waals surface area contributed by atoms with E-state index in [1.54, 1.807) is 24.9 Å². The van der Waals surface area contributed by atoms with Crippen LogP contribution < -0.4 is 14.8 Å². The highest BCUT2D eigenvalue weighted by Gasteiger charge is 2.31. The maximum Gasteiger partial charge on any atom is 0.323 e. The van der Waals surface area contributed by atoms with Gasteiger partial charge in [0.25, 0.3) is 0 Å². The molecule has 1 N–H and O–H groups in total. The molecule has 1 fully saturated rings. The van der Waals surface area contributed by atoms with Gasteiger partial charge in [0.1, 0.15) is 12.0 Å². The average molecular weight is 469 g/mol. The van der Waals surface area contributed by atoms with E-state index < -0.39 is 0 Å². The van der Waals surface area contributed by atoms with Gasteiger partial charge in [-0.3, -0.25) is 0 Å². The predicted octanol–water partition coefficient (Wildman–Crippen LogP) is 6.52. The molecule has 1 aliphatic heterocycles. The van der Waals surface area contributed by atoms with Crippen LogP contribution in [0.4, 0.5) is 10.5 Å². The molecule has 0 radical (unpaired) electrons. The van der Waals surface area contributed by atoms with Crippen molar-refractivity contribution in [1.29, 1.82) is 0 Å². The fraction of sp³-hybridized carbons (Fsp3) is 0.240. The molecule has 0 saturated carbocycles. The molecule has 5 nitrogen and oxygen atoms in total. The third-order valence-electron chi connectivity index (χ3n) is 5.28. The van der Waals surface area contributed by atoms with Crippen molar-refractivity contribution in [2.75, 3.05) is 24.7 Å². The number of thioether (sulfide) groups is 1. The zero-order chi connectivity index (χ0) is 22.5. The molecule has 0 aromatic heterocycles. The van der Waals surface area contributed by atoms with Crippen molar-refractivity contribution in [1.82, 2.24) is 4.90 Å². The Morgan fingerprint density at radius 3 is 2.69 bits per heavy atom. The molecule has 0 spiro atoms. The largest absolute Gasteiger partial charge is 0.493 e. The number of anilines is 1. The van der Waals surface area contributed by atoms with Gasteiger partial charge < -0.3 is 19.7 Å². The topological polar surface area (TPSA) is 50.8 Å². The Morgan fingerprint density at radius 1 is 1.12 bits per heavy atom. The fourth-order valence-electron chi connectivity index (χ4n) is 3.52. The molecule has 3 aromatic rings. The highest BCUT2D eigenvalue weighted by Crippen LogP contribution is 2.41. The second-order valence-electron chi connectivity index (χ2n) is 7.50. The number of urea groups is 1. The van der Waals surface area contributed by atoms with Crippen molar-refractivity contribution >= 4 is 35.1 Å². The molecule has 1 saturated heterocycles. The summed E-state index contributed by atoms with van der Waals surface area (Å²) in [6.07, 6.45) is 0. The number of aryl methyl sites for hydroxylation is 1. The number of methoxy groups -OCH3 is 1. The van der Waals surface area contributed by atoms with Crippen molar-refractivity contribution in [2.24, 2.45) is 0 Å². The second kappa shape index (κ2) is 10.2. The summed E-state index contributed by atoms with van der Waals surface area (Å²) < 4.78 is 11.6. The Balaban J connectivity index is 1.51. The number of carbonyl (C=O) groups excluding carboxylic acids is 1. The summed E-state index contributed by atoms with van der Waals surface area (Å²) in [5, 5.41) is 3.49. The highest BCUT2D eigenvalue weighted by atomic mass is 35.5. The van der Waals surface area contributed by atoms with Crippen LogP contribution >= 0.6 is 23.4 Å². The van der Waals surface area contributed by atoms with Crippen molar-refractivity contribution in [3.8, 4) is 11.5 Å². The molecule has 1 aliphatic rings. The number of amides is 2. The van der Waals surface area contributed by atoms with Crippen molar-refractivity contribution in [2.45, 2.75) is 18.9 Å². The van der Waals surface area contributed by atoms with Gasteiger partial charge in [0.15, 0.2) is 11.5 Å². The number of benzene rings is 3. The van der Waals surface area contributed by atoms with E-state index >= 15 is 0 Å². The molecular weight excluding hydrogens is 444 g/mol. The van der Waals surface area contributed by atoms with Crippen LogP contribution in [0.2, 0.25) is 5.02 Å². The second-order valence-corrected chi connectivity index (χ2v) is 9.09. The predicted molar refractivity (Wildman–Crippen MR) is 131 cm³/mol. The van der Waals surface area contributed by atoms with E-state index in [9.17, 15) is 4.79 Å². The number of carbonyl (C=O) groups is 1. The first-order valence-electron chi connectivity index (χ1n) is 10.3. The summed E-state index contributed by atoms with van der Waals surface area (Å²) in [4.78, 5) is 14.9. The summed E-state index contributed by atoms with van der Waals surface area (Å²) in [5.74, 6) is 2.18. The Labute approximate surface area is 197 Å². The zero-order valence-corrected chi connectivity index (χ0v) is 19.6. The minimum atomic E-state index is -0.150. The van der Waals surface area contributed by atoms with Crippen LogP contribution in [0.25, 0.3) is 0 Å². The standard InChI is InChI=1S/C25H25ClN2O3S/c1-17-8-10-20(15-21(17)26)27-25(29)28-12-13-32-24(28)19-9-11-22(30-2)23(14-19)31-16-18-6-4-3-5-7-18/h3-11,14-15,24H,12-13,16H2,1-2H3,(H,27,29). The lowest BCUT2D eigenvalue weighted by atomic mass is 10.1. The number of rotatable bonds is 6. The molecule has 166 valence electrons. The lowest BCUT2D eigenvalue weighted by Crippen LogP contribution is -2.34. The molecule has 4 rings (SSSR count). The molecule has 0 aliphatic carbocycles. The van der Waals surface area contributed by atoms with E-state index in [-0.39, 0.29) is 11.4 Å². The monoisotopic (exact) mass is 468 g/mol. The first-order valence-corrected chi connectivity index (χ1v) is 11.8. The van der Waals surface area contributed by atoms with Crippen molar-refractivity contribution in [3.05, 3.63) is 88.4 Å². The first-order chi connectivity index (χ1) is 15.5. The van der Waals surface area contributed by atoms with Gasteiger partial charge in [0.05, 0.1) is 7.11 Å². The minimum absolute atomic E-state index is 0.110. The van der Waals surface area contributed by atoms with E-state index in [4.69, 9.17) is 21.1 Å². The third-order valence-corrected chi connectivity index (χ3v) is 6.95. The van der Waals surface area contributed by atoms with Crippen LogP contribution in [0, 0.1) is 6.92 Å². The van der Waals surface area contributed by atoms with E-state index in [1.807, 2.05) is 72.5 Å². The van der Waals surface area contributed by atoms with Gasteiger partial charge in [0.2, 0.25) is 0 Å². The number of ether oxygens (including phenoxy) is 2. The van der Waals surface area contributed by atoms with E-state index in [1.165, 1.54) is 0 Å². The zero-order valence-electron chi connectivity index (χ0n) is 18.0. The third kappa shape index (κ3) is 5.14. The summed E-state index contributed by atoms with van der Waals surface area (Å²) in [7, 11) is 1.63. The lowest BCUT2D eigenvalue weighted by Gasteiger charge is -2.25. The number of nitrogens with one attached hydrogen (secondary N) is 1. The van der Waals surface area contributed by atoms with Crippen molar-refractivity contribution in [3.63, 3.8) is 0 Å². The Kier molecular flexibility index (Phi) is 7.12. The number of nitrogens with zero attached hydrogens (tertiary/aromatic N) is 1. The van der Waals surface area contributed by atoms with Crippen LogP contribution in [0.1, 0.15) is 22.1 Å². The van der Waals surface area contributed by atoms with Crippen LogP contribution in [-0.2, 0) is 6.61 Å². The van der Waals surface area contributed by atoms with Gasteiger partial charge in [-0.05, 0) is 47.9 Å². The summed E-state index contributed by atoms with van der Waals surface area (Å²) >= 11 is 7.93. The van der Waals surface area contributed by atoms with Gasteiger partial charge in [-0.2, -0.15) is 0 Å². The van der Waals surface area contributed by atoms with Crippen LogP contribution in [0.15, 0.2) is 66.7 Å². The molecule has 2 amide bonds. The first kappa shape index (κ1) is 22.4. The van der Waals surface area contributed by atoms with Crippen LogP contribution in [-0.4, -0.2) is 30.3 Å². The average Bonchev–Trinajstić information content (AvgIpc) is 3.31. The molecule has 7 heteroatoms. The Morgan fingerprint density at radius 2 is 1.94 bits per heavy atom. The Hall–Kier alpha value is -2.83. The van der Waals surface area contributed by atoms with Gasteiger partial charge in [-0.1, -0.05) is 54.1 Å². The van der Waals surface area contributed by atoms with Gasteiger partial charge in [0, 0.05) is 23.0 Å². The molecule has 1 unspecified atom stereocenters. The van der Waals surface area contributed by atoms with Gasteiger partial charge in [-0.15, -0.1) is 11.8 Å². The van der Waals surface area contributed by atoms with Gasteiger partial charge in [-0.25, -0.2) is 4.79 Å². The number of hydrogen-bond donors (Lipinski definition) is 1. The smallest absolute Gasteiger partial charge is 0.323 e. The molecule has 32 heavy (non-hydrogen) atoms. The molecule has 3 aromatic carbocycles. The van der Waals surface area contributed by atoms with E-state index in [0.29, 0.717) is 35.4 Å².